The highest BCUT2D eigenvalue weighted by Crippen LogP contribution is 2.24. The molecular formula is C14H16O3. The minimum atomic E-state index is -0.675. The van der Waals surface area contributed by atoms with Crippen LogP contribution in [-0.4, -0.2) is 11.9 Å². The van der Waals surface area contributed by atoms with Crippen LogP contribution in [0.4, 0.5) is 0 Å². The summed E-state index contributed by atoms with van der Waals surface area (Å²) in [5, 5.41) is 0. The lowest BCUT2D eigenvalue weighted by Gasteiger charge is -2.19. The Bertz CT molecular complexity index is 438. The molecule has 0 aliphatic rings. The van der Waals surface area contributed by atoms with Gasteiger partial charge in [-0.15, -0.1) is 0 Å². The van der Waals surface area contributed by atoms with E-state index in [0.717, 1.165) is 0 Å². The summed E-state index contributed by atoms with van der Waals surface area (Å²) >= 11 is 0. The van der Waals surface area contributed by atoms with Gasteiger partial charge in [-0.25, -0.2) is 9.59 Å². The van der Waals surface area contributed by atoms with Gasteiger partial charge in [-0.1, -0.05) is 45.5 Å². The van der Waals surface area contributed by atoms with Crippen LogP contribution in [0.5, 0.6) is 0 Å². The van der Waals surface area contributed by atoms with Crippen LogP contribution in [0.2, 0.25) is 0 Å². The first-order valence-corrected chi connectivity index (χ1v) is 5.33. The summed E-state index contributed by atoms with van der Waals surface area (Å²) in [7, 11) is 0. The quantitative estimate of drug-likeness (QED) is 0.447. The fourth-order valence-corrected chi connectivity index (χ4v) is 1.09. The van der Waals surface area contributed by atoms with Gasteiger partial charge in [0.1, 0.15) is 0 Å². The summed E-state index contributed by atoms with van der Waals surface area (Å²) in [6, 6.07) is 8.39. The van der Waals surface area contributed by atoms with E-state index in [0.29, 0.717) is 5.56 Å². The first-order chi connectivity index (χ1) is 7.82. The fraction of sp³-hybridized carbons (Fsp3) is 0.286. The molecule has 3 heteroatoms. The molecule has 0 heterocycles. The molecule has 0 unspecified atom stereocenters. The molecule has 0 aromatic heterocycles. The molecule has 0 aliphatic heterocycles. The van der Waals surface area contributed by atoms with Gasteiger partial charge in [0.05, 0.1) is 5.56 Å². The molecule has 1 rings (SSSR count). The van der Waals surface area contributed by atoms with Crippen molar-refractivity contribution in [3.05, 3.63) is 48.0 Å². The molecule has 0 saturated heterocycles. The lowest BCUT2D eigenvalue weighted by atomic mass is 9.88. The van der Waals surface area contributed by atoms with Crippen molar-refractivity contribution in [3.8, 4) is 0 Å². The van der Waals surface area contributed by atoms with Crippen molar-refractivity contribution >= 4 is 11.9 Å². The predicted molar refractivity (Wildman–Crippen MR) is 65.5 cm³/mol. The van der Waals surface area contributed by atoms with E-state index in [4.69, 9.17) is 4.74 Å². The molecule has 0 bridgehead atoms. The zero-order valence-electron chi connectivity index (χ0n) is 10.3. The van der Waals surface area contributed by atoms with Crippen LogP contribution in [0.3, 0.4) is 0 Å². The standard InChI is InChI=1S/C14H16O3/c1-10(14(2,3)4)12(15)17-13(16)11-8-6-5-7-9-11/h5-9H,1H2,2-4H3. The van der Waals surface area contributed by atoms with E-state index in [9.17, 15) is 9.59 Å². The Kier molecular flexibility index (Phi) is 3.84. The average molecular weight is 232 g/mol. The van der Waals surface area contributed by atoms with Gasteiger partial charge in [-0.05, 0) is 17.5 Å². The smallest absolute Gasteiger partial charge is 0.346 e. The number of rotatable bonds is 2. The van der Waals surface area contributed by atoms with Gasteiger partial charge < -0.3 is 4.74 Å². The van der Waals surface area contributed by atoms with E-state index in [-0.39, 0.29) is 5.57 Å². The molecule has 0 atom stereocenters. The van der Waals surface area contributed by atoms with Crippen LogP contribution < -0.4 is 0 Å². The Labute approximate surface area is 101 Å². The molecule has 1 aromatic rings. The van der Waals surface area contributed by atoms with Crippen LogP contribution in [0.1, 0.15) is 31.1 Å². The van der Waals surface area contributed by atoms with Gasteiger partial charge in [0.25, 0.3) is 0 Å². The number of benzene rings is 1. The maximum absolute atomic E-state index is 11.6. The molecule has 1 aromatic carbocycles. The minimum absolute atomic E-state index is 0.279. The van der Waals surface area contributed by atoms with Gasteiger partial charge in [0.2, 0.25) is 0 Å². The SMILES string of the molecule is C=C(C(=O)OC(=O)c1ccccc1)C(C)(C)C. The maximum Gasteiger partial charge on any atom is 0.346 e. The van der Waals surface area contributed by atoms with Crippen molar-refractivity contribution in [2.24, 2.45) is 5.41 Å². The third-order valence-electron chi connectivity index (χ3n) is 2.35. The number of ether oxygens (including phenoxy) is 1. The molecule has 0 saturated carbocycles. The fourth-order valence-electron chi connectivity index (χ4n) is 1.09. The molecule has 0 N–H and O–H groups in total. The number of hydrogen-bond acceptors (Lipinski definition) is 3. The Morgan fingerprint density at radius 1 is 1.12 bits per heavy atom. The summed E-state index contributed by atoms with van der Waals surface area (Å²) in [6.45, 7) is 9.16. The second-order valence-electron chi connectivity index (χ2n) is 4.77. The van der Waals surface area contributed by atoms with Gasteiger partial charge >= 0.3 is 11.9 Å². The minimum Gasteiger partial charge on any atom is -0.386 e. The monoisotopic (exact) mass is 232 g/mol. The van der Waals surface area contributed by atoms with E-state index in [1.54, 1.807) is 30.3 Å². The van der Waals surface area contributed by atoms with Gasteiger partial charge in [-0.2, -0.15) is 0 Å². The van der Waals surface area contributed by atoms with E-state index >= 15 is 0 Å². The van der Waals surface area contributed by atoms with Gasteiger partial charge in [0.15, 0.2) is 0 Å². The molecule has 17 heavy (non-hydrogen) atoms. The van der Waals surface area contributed by atoms with Crippen LogP contribution in [-0.2, 0) is 9.53 Å². The lowest BCUT2D eigenvalue weighted by molar-refractivity contribution is -0.134. The molecule has 0 amide bonds. The Hall–Kier alpha value is -1.90. The van der Waals surface area contributed by atoms with Crippen molar-refractivity contribution in [2.75, 3.05) is 0 Å². The lowest BCUT2D eigenvalue weighted by Crippen LogP contribution is -2.22. The van der Waals surface area contributed by atoms with E-state index in [1.165, 1.54) is 0 Å². The van der Waals surface area contributed by atoms with Crippen molar-refractivity contribution < 1.29 is 14.3 Å². The van der Waals surface area contributed by atoms with Gasteiger partial charge in [0, 0.05) is 5.57 Å². The summed E-state index contributed by atoms with van der Waals surface area (Å²) < 4.78 is 4.75. The average Bonchev–Trinajstić information content (AvgIpc) is 2.27. The Morgan fingerprint density at radius 3 is 2.12 bits per heavy atom. The number of carbonyl (C=O) groups is 2. The van der Waals surface area contributed by atoms with Gasteiger partial charge in [-0.3, -0.25) is 0 Å². The highest BCUT2D eigenvalue weighted by Gasteiger charge is 2.25. The number of hydrogen-bond donors (Lipinski definition) is 0. The van der Waals surface area contributed by atoms with Crippen molar-refractivity contribution in [1.82, 2.24) is 0 Å². The second-order valence-corrected chi connectivity index (χ2v) is 4.77. The van der Waals surface area contributed by atoms with E-state index < -0.39 is 17.4 Å². The second kappa shape index (κ2) is 4.95. The highest BCUT2D eigenvalue weighted by atomic mass is 16.6. The van der Waals surface area contributed by atoms with Crippen LogP contribution in [0, 0.1) is 5.41 Å². The summed E-state index contributed by atoms with van der Waals surface area (Å²) in [5.74, 6) is -1.33. The third kappa shape index (κ3) is 3.55. The Morgan fingerprint density at radius 2 is 1.65 bits per heavy atom. The largest absolute Gasteiger partial charge is 0.386 e. The number of esters is 2. The van der Waals surface area contributed by atoms with Crippen molar-refractivity contribution in [2.45, 2.75) is 20.8 Å². The zero-order chi connectivity index (χ0) is 13.1. The van der Waals surface area contributed by atoms with E-state index in [1.807, 2.05) is 20.8 Å². The zero-order valence-corrected chi connectivity index (χ0v) is 10.3. The topological polar surface area (TPSA) is 43.4 Å². The first-order valence-electron chi connectivity index (χ1n) is 5.33. The molecule has 0 radical (unpaired) electrons. The normalized spacial score (nSPS) is 10.8. The Balaban J connectivity index is 2.71. The predicted octanol–water partition coefficient (Wildman–Crippen LogP) is 2.97. The highest BCUT2D eigenvalue weighted by molar-refractivity contribution is 6.02. The molecule has 0 aliphatic carbocycles. The molecule has 3 nitrogen and oxygen atoms in total. The molecular weight excluding hydrogens is 216 g/mol. The maximum atomic E-state index is 11.6. The molecule has 90 valence electrons. The van der Waals surface area contributed by atoms with Crippen molar-refractivity contribution in [3.63, 3.8) is 0 Å². The summed E-state index contributed by atoms with van der Waals surface area (Å²) in [5.41, 5.74) is 0.220. The number of carbonyl (C=O) groups excluding carboxylic acids is 2. The van der Waals surface area contributed by atoms with Crippen LogP contribution in [0.25, 0.3) is 0 Å². The molecule has 0 spiro atoms. The van der Waals surface area contributed by atoms with E-state index in [2.05, 4.69) is 6.58 Å². The first kappa shape index (κ1) is 13.2. The molecule has 0 fully saturated rings. The third-order valence-corrected chi connectivity index (χ3v) is 2.35. The van der Waals surface area contributed by atoms with Crippen LogP contribution >= 0.6 is 0 Å². The van der Waals surface area contributed by atoms with Crippen molar-refractivity contribution in [1.29, 1.82) is 0 Å². The summed E-state index contributed by atoms with van der Waals surface area (Å²) in [6.07, 6.45) is 0. The summed E-state index contributed by atoms with van der Waals surface area (Å²) in [4.78, 5) is 23.2. The van der Waals surface area contributed by atoms with Crippen LogP contribution in [0.15, 0.2) is 42.5 Å².